The summed E-state index contributed by atoms with van der Waals surface area (Å²) in [6.45, 7) is 6.41. The second-order valence-electron chi connectivity index (χ2n) is 8.85. The zero-order valence-corrected chi connectivity index (χ0v) is 20.7. The molecule has 5 rings (SSSR count). The highest BCUT2D eigenvalue weighted by Crippen LogP contribution is 2.32. The number of carbonyl (C=O) groups is 1. The molecule has 3 heterocycles. The van der Waals surface area contributed by atoms with Crippen LogP contribution in [0.25, 0.3) is 0 Å². The molecular weight excluding hydrogens is 464 g/mol. The zero-order chi connectivity index (χ0) is 24.0. The molecule has 0 saturated carbocycles. The minimum Gasteiger partial charge on any atom is -0.492 e. The molecule has 1 saturated heterocycles. The summed E-state index contributed by atoms with van der Waals surface area (Å²) in [4.78, 5) is 23.7. The summed E-state index contributed by atoms with van der Waals surface area (Å²) in [7, 11) is 2.10. The fourth-order valence-corrected chi connectivity index (χ4v) is 4.92. The molecule has 35 heavy (non-hydrogen) atoms. The molecular formula is C26H30N4O4S. The Morgan fingerprint density at radius 1 is 1.09 bits per heavy atom. The van der Waals surface area contributed by atoms with Crippen LogP contribution < -0.4 is 14.2 Å². The summed E-state index contributed by atoms with van der Waals surface area (Å²) in [6, 6.07) is 13.7. The zero-order valence-electron chi connectivity index (χ0n) is 19.9. The summed E-state index contributed by atoms with van der Waals surface area (Å²) in [5.41, 5.74) is 4.83. The third-order valence-electron chi connectivity index (χ3n) is 6.22. The smallest absolute Gasteiger partial charge is 0.254 e. The first-order valence-electron chi connectivity index (χ1n) is 11.8. The van der Waals surface area contributed by atoms with Crippen LogP contribution in [0, 0.1) is 0 Å². The number of fused-ring (bicyclic) bond motifs is 1. The number of carbonyl (C=O) groups excluding carboxylic acids is 1. The molecule has 2 aliphatic rings. The second-order valence-corrected chi connectivity index (χ2v) is 9.57. The van der Waals surface area contributed by atoms with Gasteiger partial charge in [-0.2, -0.15) is 0 Å². The third-order valence-corrected chi connectivity index (χ3v) is 6.86. The summed E-state index contributed by atoms with van der Waals surface area (Å²) in [5, 5.41) is 2.09. The topological polar surface area (TPSA) is 67.4 Å². The van der Waals surface area contributed by atoms with Crippen molar-refractivity contribution in [2.45, 2.75) is 13.1 Å². The van der Waals surface area contributed by atoms with E-state index in [0.717, 1.165) is 44.2 Å². The average Bonchev–Trinajstić information content (AvgIpc) is 3.56. The molecule has 0 N–H and O–H groups in total. The van der Waals surface area contributed by atoms with Crippen LogP contribution in [-0.4, -0.2) is 78.8 Å². The molecule has 0 aliphatic carbocycles. The van der Waals surface area contributed by atoms with Crippen molar-refractivity contribution in [1.82, 2.24) is 19.7 Å². The minimum atomic E-state index is 0.0377. The van der Waals surface area contributed by atoms with Crippen LogP contribution >= 0.6 is 11.3 Å². The minimum absolute atomic E-state index is 0.0377. The summed E-state index contributed by atoms with van der Waals surface area (Å²) < 4.78 is 16.8. The van der Waals surface area contributed by atoms with Gasteiger partial charge in [-0.15, -0.1) is 11.3 Å². The fourth-order valence-electron chi connectivity index (χ4n) is 4.37. The highest BCUT2D eigenvalue weighted by atomic mass is 32.1. The van der Waals surface area contributed by atoms with E-state index < -0.39 is 0 Å². The fraction of sp³-hybridized carbons (Fsp3) is 0.385. The van der Waals surface area contributed by atoms with Gasteiger partial charge < -0.3 is 19.1 Å². The number of hydrogen-bond donors (Lipinski definition) is 0. The van der Waals surface area contributed by atoms with E-state index in [9.17, 15) is 4.79 Å². The molecule has 0 bridgehead atoms. The van der Waals surface area contributed by atoms with Gasteiger partial charge >= 0.3 is 0 Å². The van der Waals surface area contributed by atoms with Crippen molar-refractivity contribution in [1.29, 1.82) is 0 Å². The molecule has 0 spiro atoms. The second kappa shape index (κ2) is 11.1. The molecule has 8 nitrogen and oxygen atoms in total. The van der Waals surface area contributed by atoms with Gasteiger partial charge in [0.15, 0.2) is 11.5 Å². The van der Waals surface area contributed by atoms with Gasteiger partial charge in [-0.1, -0.05) is 12.1 Å². The first kappa shape index (κ1) is 23.6. The number of ether oxygens (including phenoxy) is 3. The standard InChI is InChI=1S/C26H30N4O4S/c1-28(16-22-17-35-18-27-22)15-20-3-2-4-23(13-20)32-12-11-29-7-9-30(10-8-29)26(31)21-5-6-24-25(14-21)34-19-33-24/h2-6,13-14,17-18H,7-12,15-16,19H2,1H3. The number of hydrogen-bond acceptors (Lipinski definition) is 8. The van der Waals surface area contributed by atoms with Crippen molar-refractivity contribution in [2.75, 3.05) is 53.2 Å². The molecule has 2 aliphatic heterocycles. The lowest BCUT2D eigenvalue weighted by Crippen LogP contribution is -2.49. The molecule has 2 aromatic carbocycles. The summed E-state index contributed by atoms with van der Waals surface area (Å²) >= 11 is 1.63. The van der Waals surface area contributed by atoms with Crippen molar-refractivity contribution in [3.05, 3.63) is 70.2 Å². The van der Waals surface area contributed by atoms with Gasteiger partial charge in [0.25, 0.3) is 5.91 Å². The van der Waals surface area contributed by atoms with E-state index in [1.165, 1.54) is 5.56 Å². The van der Waals surface area contributed by atoms with Gasteiger partial charge in [0.1, 0.15) is 12.4 Å². The first-order chi connectivity index (χ1) is 17.1. The average molecular weight is 495 g/mol. The molecule has 1 fully saturated rings. The monoisotopic (exact) mass is 494 g/mol. The molecule has 0 radical (unpaired) electrons. The van der Waals surface area contributed by atoms with Gasteiger partial charge in [-0.3, -0.25) is 14.6 Å². The lowest BCUT2D eigenvalue weighted by atomic mass is 10.1. The highest BCUT2D eigenvalue weighted by Gasteiger charge is 2.24. The summed E-state index contributed by atoms with van der Waals surface area (Å²) in [6.07, 6.45) is 0. The van der Waals surface area contributed by atoms with Crippen LogP contribution in [-0.2, 0) is 13.1 Å². The van der Waals surface area contributed by atoms with Crippen molar-refractivity contribution in [3.8, 4) is 17.2 Å². The van der Waals surface area contributed by atoms with E-state index in [1.807, 2.05) is 22.5 Å². The normalized spacial score (nSPS) is 15.5. The quantitative estimate of drug-likeness (QED) is 0.452. The van der Waals surface area contributed by atoms with Crippen LogP contribution in [0.2, 0.25) is 0 Å². The van der Waals surface area contributed by atoms with E-state index in [0.29, 0.717) is 36.8 Å². The van der Waals surface area contributed by atoms with Gasteiger partial charge in [-0.05, 0) is 42.9 Å². The van der Waals surface area contributed by atoms with Gasteiger partial charge in [0, 0.05) is 56.8 Å². The highest BCUT2D eigenvalue weighted by molar-refractivity contribution is 7.07. The number of nitrogens with zero attached hydrogens (tertiary/aromatic N) is 4. The molecule has 0 unspecified atom stereocenters. The lowest BCUT2D eigenvalue weighted by Gasteiger charge is -2.34. The van der Waals surface area contributed by atoms with Crippen molar-refractivity contribution in [3.63, 3.8) is 0 Å². The Morgan fingerprint density at radius 3 is 2.77 bits per heavy atom. The lowest BCUT2D eigenvalue weighted by molar-refractivity contribution is 0.0620. The van der Waals surface area contributed by atoms with Crippen LogP contribution in [0.5, 0.6) is 17.2 Å². The predicted molar refractivity (Wildman–Crippen MR) is 134 cm³/mol. The Kier molecular flexibility index (Phi) is 7.46. The van der Waals surface area contributed by atoms with E-state index >= 15 is 0 Å². The Bertz CT molecular complexity index is 1130. The molecule has 3 aromatic rings. The predicted octanol–water partition coefficient (Wildman–Crippen LogP) is 3.34. The maximum absolute atomic E-state index is 12.9. The van der Waals surface area contributed by atoms with Crippen LogP contribution in [0.15, 0.2) is 53.4 Å². The number of aromatic nitrogens is 1. The van der Waals surface area contributed by atoms with Gasteiger partial charge in [0.2, 0.25) is 6.79 Å². The van der Waals surface area contributed by atoms with E-state index in [4.69, 9.17) is 14.2 Å². The molecule has 1 aromatic heterocycles. The molecule has 0 atom stereocenters. The van der Waals surface area contributed by atoms with E-state index in [2.05, 4.69) is 39.3 Å². The number of benzene rings is 2. The maximum Gasteiger partial charge on any atom is 0.254 e. The number of piperazine rings is 1. The Hall–Kier alpha value is -3.14. The molecule has 1 amide bonds. The third kappa shape index (κ3) is 6.11. The number of rotatable bonds is 9. The largest absolute Gasteiger partial charge is 0.492 e. The molecule has 184 valence electrons. The van der Waals surface area contributed by atoms with E-state index in [1.54, 1.807) is 29.5 Å². The number of thiazole rings is 1. The number of amides is 1. The van der Waals surface area contributed by atoms with Gasteiger partial charge in [0.05, 0.1) is 11.2 Å². The van der Waals surface area contributed by atoms with Crippen LogP contribution in [0.3, 0.4) is 0 Å². The Morgan fingerprint density at radius 2 is 1.94 bits per heavy atom. The van der Waals surface area contributed by atoms with Crippen LogP contribution in [0.4, 0.5) is 0 Å². The van der Waals surface area contributed by atoms with Crippen molar-refractivity contribution >= 4 is 17.2 Å². The van der Waals surface area contributed by atoms with E-state index in [-0.39, 0.29) is 12.7 Å². The summed E-state index contributed by atoms with van der Waals surface area (Å²) in [5.74, 6) is 2.26. The SMILES string of the molecule is CN(Cc1cccc(OCCN2CCN(C(=O)c3ccc4c(c3)OCO4)CC2)c1)Cc1cscn1. The Labute approximate surface area is 209 Å². The first-order valence-corrected chi connectivity index (χ1v) is 12.8. The van der Waals surface area contributed by atoms with Crippen molar-refractivity contribution in [2.24, 2.45) is 0 Å². The van der Waals surface area contributed by atoms with Crippen molar-refractivity contribution < 1.29 is 19.0 Å². The molecule has 9 heteroatoms. The maximum atomic E-state index is 12.9. The van der Waals surface area contributed by atoms with Crippen LogP contribution in [0.1, 0.15) is 21.6 Å². The van der Waals surface area contributed by atoms with Gasteiger partial charge in [-0.25, -0.2) is 4.98 Å². The Balaban J connectivity index is 1.04.